The maximum atomic E-state index is 12.2. The number of anilines is 1. The summed E-state index contributed by atoms with van der Waals surface area (Å²) in [4.78, 5) is 12.1. The molecule has 0 fully saturated rings. The molecule has 2 aromatic heterocycles. The number of carbonyl (C=O) groups is 1. The molecule has 0 aliphatic rings. The predicted molar refractivity (Wildman–Crippen MR) is 73.7 cm³/mol. The van der Waals surface area contributed by atoms with Gasteiger partial charge in [0.05, 0.1) is 19.0 Å². The Labute approximate surface area is 131 Å². The quantitative estimate of drug-likeness (QED) is 0.880. The Morgan fingerprint density at radius 2 is 2.18 bits per heavy atom. The molecule has 2 aromatic rings. The Balaban J connectivity index is 2.13. The number of aryl methyl sites for hydroxylation is 1. The van der Waals surface area contributed by atoms with Crippen molar-refractivity contribution in [3.63, 3.8) is 0 Å². The van der Waals surface area contributed by atoms with Gasteiger partial charge in [-0.25, -0.2) is 4.68 Å². The van der Waals surface area contributed by atoms with Crippen LogP contribution in [0.4, 0.5) is 18.9 Å². The summed E-state index contributed by atoms with van der Waals surface area (Å²) >= 11 is 3.18. The van der Waals surface area contributed by atoms with Gasteiger partial charge in [0.15, 0.2) is 5.69 Å². The highest BCUT2D eigenvalue weighted by Crippen LogP contribution is 2.28. The fraction of sp³-hybridized carbons (Fsp3) is 0.364. The molecule has 0 spiro atoms. The van der Waals surface area contributed by atoms with E-state index in [1.54, 1.807) is 7.05 Å². The van der Waals surface area contributed by atoms with Gasteiger partial charge in [-0.3, -0.25) is 9.48 Å². The molecule has 0 aliphatic carbocycles. The standard InChI is InChI=1S/C11H11BrF3N5O2/c1-19-10(22-2)7(12)8(18-19)9(21)17-6-3-16-20(4-6)5-11(13,14)15/h3-4H,5H2,1-2H3,(H,17,21). The summed E-state index contributed by atoms with van der Waals surface area (Å²) in [6, 6.07) is 0. The molecule has 7 nitrogen and oxygen atoms in total. The molecule has 0 aliphatic heterocycles. The first-order valence-corrected chi connectivity index (χ1v) is 6.67. The number of carbonyl (C=O) groups excluding carboxylic acids is 1. The van der Waals surface area contributed by atoms with Crippen molar-refractivity contribution in [2.75, 3.05) is 12.4 Å². The second-order valence-electron chi connectivity index (χ2n) is 4.29. The van der Waals surface area contributed by atoms with Crippen LogP contribution >= 0.6 is 15.9 Å². The van der Waals surface area contributed by atoms with Crippen molar-refractivity contribution >= 4 is 27.5 Å². The third kappa shape index (κ3) is 3.59. The molecule has 2 rings (SSSR count). The Morgan fingerprint density at radius 3 is 2.73 bits per heavy atom. The van der Waals surface area contributed by atoms with E-state index < -0.39 is 18.6 Å². The van der Waals surface area contributed by atoms with Crippen molar-refractivity contribution in [3.8, 4) is 5.88 Å². The van der Waals surface area contributed by atoms with E-state index in [1.165, 1.54) is 11.8 Å². The highest BCUT2D eigenvalue weighted by molar-refractivity contribution is 9.10. The number of nitrogens with zero attached hydrogens (tertiary/aromatic N) is 4. The van der Waals surface area contributed by atoms with Gasteiger partial charge in [0.2, 0.25) is 5.88 Å². The van der Waals surface area contributed by atoms with E-state index >= 15 is 0 Å². The number of methoxy groups -OCH3 is 1. The average Bonchev–Trinajstić information content (AvgIpc) is 2.92. The van der Waals surface area contributed by atoms with Gasteiger partial charge in [0.1, 0.15) is 11.0 Å². The van der Waals surface area contributed by atoms with Crippen LogP contribution in [-0.2, 0) is 13.6 Å². The predicted octanol–water partition coefficient (Wildman–Crippen LogP) is 2.20. The fourth-order valence-electron chi connectivity index (χ4n) is 1.74. The fourth-order valence-corrected chi connectivity index (χ4v) is 2.42. The van der Waals surface area contributed by atoms with Crippen LogP contribution in [0, 0.1) is 0 Å². The zero-order chi connectivity index (χ0) is 16.5. The Bertz CT molecular complexity index is 694. The first-order valence-electron chi connectivity index (χ1n) is 5.88. The van der Waals surface area contributed by atoms with Gasteiger partial charge in [-0.05, 0) is 15.9 Å². The first kappa shape index (κ1) is 16.3. The van der Waals surface area contributed by atoms with Gasteiger partial charge in [-0.2, -0.15) is 23.4 Å². The summed E-state index contributed by atoms with van der Waals surface area (Å²) in [5.74, 6) is -0.254. The molecule has 0 bridgehead atoms. The number of ether oxygens (including phenoxy) is 1. The van der Waals surface area contributed by atoms with E-state index in [1.807, 2.05) is 0 Å². The maximum absolute atomic E-state index is 12.2. The molecular weight excluding hydrogens is 371 g/mol. The highest BCUT2D eigenvalue weighted by Gasteiger charge is 2.28. The maximum Gasteiger partial charge on any atom is 0.408 e. The van der Waals surface area contributed by atoms with Crippen LogP contribution in [0.15, 0.2) is 16.9 Å². The van der Waals surface area contributed by atoms with E-state index in [0.717, 1.165) is 12.4 Å². The molecule has 2 heterocycles. The van der Waals surface area contributed by atoms with Gasteiger partial charge in [0.25, 0.3) is 5.91 Å². The molecule has 22 heavy (non-hydrogen) atoms. The molecule has 0 saturated heterocycles. The number of aromatic nitrogens is 4. The van der Waals surface area contributed by atoms with Crippen molar-refractivity contribution in [1.29, 1.82) is 0 Å². The van der Waals surface area contributed by atoms with Crippen molar-refractivity contribution in [3.05, 3.63) is 22.6 Å². The molecule has 1 N–H and O–H groups in total. The lowest BCUT2D eigenvalue weighted by Gasteiger charge is -2.05. The lowest BCUT2D eigenvalue weighted by atomic mass is 10.4. The molecule has 0 atom stereocenters. The molecule has 0 saturated carbocycles. The Kier molecular flexibility index (Phi) is 4.44. The van der Waals surface area contributed by atoms with Gasteiger partial charge in [-0.15, -0.1) is 0 Å². The van der Waals surface area contributed by atoms with E-state index in [0.29, 0.717) is 15.0 Å². The third-order valence-electron chi connectivity index (χ3n) is 2.58. The van der Waals surface area contributed by atoms with Crippen LogP contribution in [0.3, 0.4) is 0 Å². The molecular formula is C11H11BrF3N5O2. The summed E-state index contributed by atoms with van der Waals surface area (Å²) in [6.45, 7) is -1.23. The number of hydrogen-bond acceptors (Lipinski definition) is 4. The van der Waals surface area contributed by atoms with Gasteiger partial charge in [0, 0.05) is 13.2 Å². The minimum Gasteiger partial charge on any atom is -0.480 e. The monoisotopic (exact) mass is 381 g/mol. The number of halogens is 4. The van der Waals surface area contributed by atoms with E-state index in [-0.39, 0.29) is 11.4 Å². The Hall–Kier alpha value is -2.04. The van der Waals surface area contributed by atoms with Crippen molar-refractivity contribution in [2.45, 2.75) is 12.7 Å². The molecule has 0 aromatic carbocycles. The van der Waals surface area contributed by atoms with E-state index in [9.17, 15) is 18.0 Å². The SMILES string of the molecule is COc1c(Br)c(C(=O)Nc2cnn(CC(F)(F)F)c2)nn1C. The van der Waals surface area contributed by atoms with Gasteiger partial charge < -0.3 is 10.1 Å². The average molecular weight is 382 g/mol. The smallest absolute Gasteiger partial charge is 0.408 e. The van der Waals surface area contributed by atoms with Crippen LogP contribution < -0.4 is 10.1 Å². The van der Waals surface area contributed by atoms with Crippen molar-refractivity contribution in [2.24, 2.45) is 7.05 Å². The summed E-state index contributed by atoms with van der Waals surface area (Å²) in [6.07, 6.45) is -2.18. The number of nitrogens with one attached hydrogen (secondary N) is 1. The van der Waals surface area contributed by atoms with Crippen LogP contribution in [0.25, 0.3) is 0 Å². The number of amides is 1. The van der Waals surface area contributed by atoms with Gasteiger partial charge in [-0.1, -0.05) is 0 Å². The topological polar surface area (TPSA) is 74.0 Å². The first-order chi connectivity index (χ1) is 10.2. The second kappa shape index (κ2) is 5.99. The largest absolute Gasteiger partial charge is 0.480 e. The van der Waals surface area contributed by atoms with Crippen LogP contribution in [0.1, 0.15) is 10.5 Å². The third-order valence-corrected chi connectivity index (χ3v) is 3.30. The molecule has 11 heteroatoms. The minimum absolute atomic E-state index is 0.0444. The molecule has 1 amide bonds. The lowest BCUT2D eigenvalue weighted by Crippen LogP contribution is -2.18. The normalized spacial score (nSPS) is 11.5. The van der Waals surface area contributed by atoms with Crippen molar-refractivity contribution < 1.29 is 22.7 Å². The number of alkyl halides is 3. The summed E-state index contributed by atoms with van der Waals surface area (Å²) in [5.41, 5.74) is 0.175. The molecule has 120 valence electrons. The summed E-state index contributed by atoms with van der Waals surface area (Å²) < 4.78 is 44.1. The number of hydrogen-bond donors (Lipinski definition) is 1. The molecule has 0 radical (unpaired) electrons. The minimum atomic E-state index is -4.38. The highest BCUT2D eigenvalue weighted by atomic mass is 79.9. The number of rotatable bonds is 4. The molecule has 0 unspecified atom stereocenters. The summed E-state index contributed by atoms with van der Waals surface area (Å²) in [5, 5.41) is 9.92. The summed E-state index contributed by atoms with van der Waals surface area (Å²) in [7, 11) is 3.01. The second-order valence-corrected chi connectivity index (χ2v) is 5.08. The van der Waals surface area contributed by atoms with Crippen molar-refractivity contribution in [1.82, 2.24) is 19.6 Å². The van der Waals surface area contributed by atoms with Gasteiger partial charge >= 0.3 is 6.18 Å². The van der Waals surface area contributed by atoms with Crippen LogP contribution in [0.2, 0.25) is 0 Å². The zero-order valence-corrected chi connectivity index (χ0v) is 13.1. The van der Waals surface area contributed by atoms with Crippen LogP contribution in [0.5, 0.6) is 5.88 Å². The van der Waals surface area contributed by atoms with Crippen LogP contribution in [-0.4, -0.2) is 38.8 Å². The van der Waals surface area contributed by atoms with E-state index in [2.05, 4.69) is 31.4 Å². The lowest BCUT2D eigenvalue weighted by molar-refractivity contribution is -0.142. The zero-order valence-electron chi connectivity index (χ0n) is 11.5. The Morgan fingerprint density at radius 1 is 1.50 bits per heavy atom. The van der Waals surface area contributed by atoms with E-state index in [4.69, 9.17) is 4.74 Å².